The van der Waals surface area contributed by atoms with Gasteiger partial charge in [0.15, 0.2) is 0 Å². The maximum absolute atomic E-state index is 5.38. The first-order valence-corrected chi connectivity index (χ1v) is 5.52. The molecule has 1 saturated heterocycles. The summed E-state index contributed by atoms with van der Waals surface area (Å²) in [7, 11) is 0. The van der Waals surface area contributed by atoms with Gasteiger partial charge in [-0.05, 0) is 35.0 Å². The third-order valence-corrected chi connectivity index (χ3v) is 2.84. The summed E-state index contributed by atoms with van der Waals surface area (Å²) in [6, 6.07) is 4.47. The van der Waals surface area contributed by atoms with Gasteiger partial charge in [-0.25, -0.2) is 4.98 Å². The quantitative estimate of drug-likeness (QED) is 0.770. The lowest BCUT2D eigenvalue weighted by atomic mass is 10.2. The summed E-state index contributed by atoms with van der Waals surface area (Å²) in [5, 5.41) is 0. The molecular formula is C10H13BrN2O. The number of halogens is 1. The molecule has 1 atom stereocenters. The minimum absolute atomic E-state index is 0.414. The minimum atomic E-state index is 0.414. The Bertz CT molecular complexity index is 301. The Morgan fingerprint density at radius 2 is 2.43 bits per heavy atom. The molecule has 3 nitrogen and oxygen atoms in total. The molecule has 0 radical (unpaired) electrons. The number of rotatable bonds is 1. The number of nitrogens with zero attached hydrogens (tertiary/aromatic N) is 2. The van der Waals surface area contributed by atoms with Gasteiger partial charge in [0, 0.05) is 17.2 Å². The zero-order valence-corrected chi connectivity index (χ0v) is 9.70. The molecule has 1 aliphatic rings. The van der Waals surface area contributed by atoms with Gasteiger partial charge in [0.25, 0.3) is 0 Å². The Balaban J connectivity index is 2.16. The van der Waals surface area contributed by atoms with Crippen molar-refractivity contribution in [2.24, 2.45) is 0 Å². The summed E-state index contributed by atoms with van der Waals surface area (Å²) in [5.74, 6) is 1.03. The largest absolute Gasteiger partial charge is 0.377 e. The Labute approximate surface area is 92.2 Å². The molecule has 0 unspecified atom stereocenters. The van der Waals surface area contributed by atoms with E-state index in [1.165, 1.54) is 0 Å². The molecule has 1 aromatic heterocycles. The Hall–Kier alpha value is -0.610. The molecule has 2 rings (SSSR count). The van der Waals surface area contributed by atoms with Crippen LogP contribution in [-0.2, 0) is 4.74 Å². The Kier molecular flexibility index (Phi) is 3.03. The van der Waals surface area contributed by atoms with Crippen molar-refractivity contribution in [2.75, 3.05) is 24.7 Å². The number of anilines is 1. The predicted octanol–water partition coefficient (Wildman–Crippen LogP) is 2.07. The molecule has 14 heavy (non-hydrogen) atoms. The third kappa shape index (κ3) is 2.07. The van der Waals surface area contributed by atoms with Gasteiger partial charge < -0.3 is 9.64 Å². The molecule has 1 aromatic rings. The molecular weight excluding hydrogens is 244 g/mol. The molecule has 0 saturated carbocycles. The van der Waals surface area contributed by atoms with Crippen LogP contribution in [0.15, 0.2) is 22.8 Å². The standard InChI is InChI=1S/C10H13BrN2O/c1-8-7-14-5-4-13(8)10-3-2-9(11)6-12-10/h2-3,6,8H,4-5,7H2,1H3/t8-/m0/s1. The molecule has 0 N–H and O–H groups in total. The smallest absolute Gasteiger partial charge is 0.128 e. The molecule has 0 spiro atoms. The van der Waals surface area contributed by atoms with Crippen molar-refractivity contribution < 1.29 is 4.74 Å². The number of ether oxygens (including phenoxy) is 1. The topological polar surface area (TPSA) is 25.4 Å². The number of pyridine rings is 1. The molecule has 76 valence electrons. The monoisotopic (exact) mass is 256 g/mol. The fraction of sp³-hybridized carbons (Fsp3) is 0.500. The lowest BCUT2D eigenvalue weighted by Crippen LogP contribution is -2.44. The van der Waals surface area contributed by atoms with Crippen LogP contribution in [0.25, 0.3) is 0 Å². The van der Waals surface area contributed by atoms with E-state index in [1.807, 2.05) is 18.3 Å². The van der Waals surface area contributed by atoms with Crippen LogP contribution in [0.1, 0.15) is 6.92 Å². The summed E-state index contributed by atoms with van der Waals surface area (Å²) in [4.78, 5) is 6.65. The number of aromatic nitrogens is 1. The molecule has 2 heterocycles. The highest BCUT2D eigenvalue weighted by atomic mass is 79.9. The lowest BCUT2D eigenvalue weighted by molar-refractivity contribution is 0.0985. The van der Waals surface area contributed by atoms with Crippen LogP contribution in [0.2, 0.25) is 0 Å². The van der Waals surface area contributed by atoms with Gasteiger partial charge >= 0.3 is 0 Å². The van der Waals surface area contributed by atoms with E-state index in [0.717, 1.165) is 30.0 Å². The van der Waals surface area contributed by atoms with Crippen molar-refractivity contribution in [1.82, 2.24) is 4.98 Å². The van der Waals surface area contributed by atoms with Crippen molar-refractivity contribution in [3.05, 3.63) is 22.8 Å². The summed E-state index contributed by atoms with van der Waals surface area (Å²) >= 11 is 3.38. The van der Waals surface area contributed by atoms with E-state index in [9.17, 15) is 0 Å². The van der Waals surface area contributed by atoms with E-state index >= 15 is 0 Å². The first kappa shape index (κ1) is 9.93. The zero-order valence-electron chi connectivity index (χ0n) is 8.11. The first-order valence-electron chi connectivity index (χ1n) is 4.73. The molecule has 0 aromatic carbocycles. The van der Waals surface area contributed by atoms with E-state index in [0.29, 0.717) is 6.04 Å². The van der Waals surface area contributed by atoms with Crippen LogP contribution in [0.4, 0.5) is 5.82 Å². The second-order valence-electron chi connectivity index (χ2n) is 3.45. The summed E-state index contributed by atoms with van der Waals surface area (Å²) < 4.78 is 6.39. The maximum atomic E-state index is 5.38. The SMILES string of the molecule is C[C@H]1COCCN1c1ccc(Br)cn1. The van der Waals surface area contributed by atoms with E-state index in [1.54, 1.807) is 0 Å². The highest BCUT2D eigenvalue weighted by molar-refractivity contribution is 9.10. The number of morpholine rings is 1. The maximum Gasteiger partial charge on any atom is 0.128 e. The predicted molar refractivity (Wildman–Crippen MR) is 59.6 cm³/mol. The van der Waals surface area contributed by atoms with Gasteiger partial charge in [-0.15, -0.1) is 0 Å². The van der Waals surface area contributed by atoms with Gasteiger partial charge in [-0.2, -0.15) is 0 Å². The summed E-state index contributed by atoms with van der Waals surface area (Å²) in [6.45, 7) is 4.67. The van der Waals surface area contributed by atoms with Crippen molar-refractivity contribution >= 4 is 21.7 Å². The molecule has 0 amide bonds. The van der Waals surface area contributed by atoms with Crippen LogP contribution in [-0.4, -0.2) is 30.8 Å². The second-order valence-corrected chi connectivity index (χ2v) is 4.37. The Morgan fingerprint density at radius 1 is 1.57 bits per heavy atom. The van der Waals surface area contributed by atoms with Crippen molar-refractivity contribution in [3.8, 4) is 0 Å². The van der Waals surface area contributed by atoms with Gasteiger partial charge in [-0.3, -0.25) is 0 Å². The average Bonchev–Trinajstić information content (AvgIpc) is 2.20. The summed E-state index contributed by atoms with van der Waals surface area (Å²) in [5.41, 5.74) is 0. The minimum Gasteiger partial charge on any atom is -0.377 e. The molecule has 1 aliphatic heterocycles. The van der Waals surface area contributed by atoms with Crippen molar-refractivity contribution in [1.29, 1.82) is 0 Å². The zero-order chi connectivity index (χ0) is 9.97. The van der Waals surface area contributed by atoms with Crippen LogP contribution in [0.5, 0.6) is 0 Å². The van der Waals surface area contributed by atoms with Crippen LogP contribution in [0, 0.1) is 0 Å². The molecule has 0 bridgehead atoms. The second kappa shape index (κ2) is 4.28. The average molecular weight is 257 g/mol. The van der Waals surface area contributed by atoms with E-state index < -0.39 is 0 Å². The molecule has 4 heteroatoms. The Morgan fingerprint density at radius 3 is 3.07 bits per heavy atom. The number of hydrogen-bond donors (Lipinski definition) is 0. The van der Waals surface area contributed by atoms with Gasteiger partial charge in [0.2, 0.25) is 0 Å². The number of hydrogen-bond acceptors (Lipinski definition) is 3. The van der Waals surface area contributed by atoms with E-state index in [-0.39, 0.29) is 0 Å². The third-order valence-electron chi connectivity index (χ3n) is 2.37. The van der Waals surface area contributed by atoms with Crippen LogP contribution >= 0.6 is 15.9 Å². The first-order chi connectivity index (χ1) is 6.77. The van der Waals surface area contributed by atoms with Crippen LogP contribution < -0.4 is 4.90 Å². The normalized spacial score (nSPS) is 22.4. The van der Waals surface area contributed by atoms with E-state index in [2.05, 4.69) is 32.7 Å². The van der Waals surface area contributed by atoms with Gasteiger partial charge in [-0.1, -0.05) is 0 Å². The van der Waals surface area contributed by atoms with Crippen molar-refractivity contribution in [3.63, 3.8) is 0 Å². The van der Waals surface area contributed by atoms with Crippen molar-refractivity contribution in [2.45, 2.75) is 13.0 Å². The van der Waals surface area contributed by atoms with Crippen LogP contribution in [0.3, 0.4) is 0 Å². The highest BCUT2D eigenvalue weighted by Gasteiger charge is 2.19. The molecule has 1 fully saturated rings. The van der Waals surface area contributed by atoms with Gasteiger partial charge in [0.05, 0.1) is 19.3 Å². The fourth-order valence-corrected chi connectivity index (χ4v) is 1.84. The molecule has 0 aliphatic carbocycles. The summed E-state index contributed by atoms with van der Waals surface area (Å²) in [6.07, 6.45) is 1.83. The van der Waals surface area contributed by atoms with E-state index in [4.69, 9.17) is 4.74 Å². The highest BCUT2D eigenvalue weighted by Crippen LogP contribution is 2.18. The lowest BCUT2D eigenvalue weighted by Gasteiger charge is -2.34. The fourth-order valence-electron chi connectivity index (χ4n) is 1.61. The van der Waals surface area contributed by atoms with Gasteiger partial charge in [0.1, 0.15) is 5.82 Å².